The number of halogens is 2. The predicted molar refractivity (Wildman–Crippen MR) is 189 cm³/mol. The fourth-order valence-electron chi connectivity index (χ4n) is 5.53. The molecular formula is C38H49Cl2N3O. The molecule has 3 aromatic rings. The Morgan fingerprint density at radius 3 is 2.30 bits per heavy atom. The molecule has 0 amide bonds. The minimum Gasteiger partial charge on any atom is -0.494 e. The minimum atomic E-state index is 0.0192. The molecule has 0 radical (unpaired) electrons. The topological polar surface area (TPSA) is 30.3 Å². The number of imidazole rings is 1. The molecule has 44 heavy (non-hydrogen) atoms. The van der Waals surface area contributed by atoms with Crippen molar-refractivity contribution < 1.29 is 4.74 Å². The highest BCUT2D eigenvalue weighted by Crippen LogP contribution is 2.30. The van der Waals surface area contributed by atoms with Crippen molar-refractivity contribution in [3.8, 4) is 11.4 Å². The van der Waals surface area contributed by atoms with Gasteiger partial charge in [-0.25, -0.2) is 4.98 Å². The lowest BCUT2D eigenvalue weighted by Gasteiger charge is -2.26. The third kappa shape index (κ3) is 10.3. The van der Waals surface area contributed by atoms with Crippen LogP contribution in [-0.2, 0) is 24.1 Å². The molecule has 6 heteroatoms. The summed E-state index contributed by atoms with van der Waals surface area (Å²) < 4.78 is 7.93. The predicted octanol–water partition coefficient (Wildman–Crippen LogP) is 10.2. The van der Waals surface area contributed by atoms with E-state index in [1.165, 1.54) is 11.3 Å². The first-order valence-corrected chi connectivity index (χ1v) is 16.5. The summed E-state index contributed by atoms with van der Waals surface area (Å²) in [5, 5.41) is 1.02. The van der Waals surface area contributed by atoms with E-state index in [1.807, 2.05) is 12.2 Å². The van der Waals surface area contributed by atoms with Crippen LogP contribution >= 0.6 is 23.2 Å². The highest BCUT2D eigenvalue weighted by molar-refractivity contribution is 6.35. The van der Waals surface area contributed by atoms with Crippen LogP contribution in [0.1, 0.15) is 63.4 Å². The van der Waals surface area contributed by atoms with Gasteiger partial charge in [0.2, 0.25) is 0 Å². The van der Waals surface area contributed by atoms with E-state index in [0.717, 1.165) is 68.9 Å². The maximum Gasteiger partial charge on any atom is 0.151 e. The van der Waals surface area contributed by atoms with Gasteiger partial charge >= 0.3 is 0 Å². The number of ether oxygens (including phenoxy) is 1. The summed E-state index contributed by atoms with van der Waals surface area (Å²) in [6.07, 6.45) is 12.4. The maximum absolute atomic E-state index is 6.67. The first kappa shape index (κ1) is 35.4. The van der Waals surface area contributed by atoms with Crippen molar-refractivity contribution in [3.63, 3.8) is 0 Å². The van der Waals surface area contributed by atoms with Gasteiger partial charge in [-0.1, -0.05) is 128 Å². The molecule has 0 aliphatic heterocycles. The van der Waals surface area contributed by atoms with Crippen molar-refractivity contribution in [1.29, 1.82) is 0 Å². The lowest BCUT2D eigenvalue weighted by molar-refractivity contribution is 0.264. The normalized spacial score (nSPS) is 14.1. The van der Waals surface area contributed by atoms with Crippen molar-refractivity contribution >= 4 is 23.2 Å². The Labute approximate surface area is 275 Å². The van der Waals surface area contributed by atoms with E-state index < -0.39 is 0 Å². The number of hydrogen-bond acceptors (Lipinski definition) is 3. The molecule has 2 aromatic carbocycles. The first-order valence-electron chi connectivity index (χ1n) is 15.8. The molecule has 3 rings (SSSR count). The van der Waals surface area contributed by atoms with Gasteiger partial charge in [-0.3, -0.25) is 0 Å². The van der Waals surface area contributed by atoms with Crippen molar-refractivity contribution in [2.75, 3.05) is 26.7 Å². The summed E-state index contributed by atoms with van der Waals surface area (Å²) in [5.41, 5.74) is 4.97. The van der Waals surface area contributed by atoms with Gasteiger partial charge in [0.05, 0.1) is 22.9 Å². The van der Waals surface area contributed by atoms with E-state index in [-0.39, 0.29) is 11.8 Å². The van der Waals surface area contributed by atoms with E-state index in [0.29, 0.717) is 15.8 Å². The van der Waals surface area contributed by atoms with Crippen LogP contribution in [0.2, 0.25) is 0 Å². The summed E-state index contributed by atoms with van der Waals surface area (Å²) in [6, 6.07) is 21.3. The molecule has 0 spiro atoms. The Morgan fingerprint density at radius 1 is 1.05 bits per heavy atom. The Hall–Kier alpha value is -3.05. The van der Waals surface area contributed by atoms with E-state index in [4.69, 9.17) is 32.9 Å². The molecule has 0 N–H and O–H groups in total. The zero-order chi connectivity index (χ0) is 31.9. The summed E-state index contributed by atoms with van der Waals surface area (Å²) in [4.78, 5) is 7.82. The Balaban J connectivity index is 1.99. The highest BCUT2D eigenvalue weighted by atomic mass is 35.5. The van der Waals surface area contributed by atoms with E-state index in [9.17, 15) is 0 Å². The summed E-state index contributed by atoms with van der Waals surface area (Å²) in [7, 11) is 1.59. The number of unbranched alkanes of at least 4 members (excludes halogenated alkanes) is 1. The highest BCUT2D eigenvalue weighted by Gasteiger charge is 2.22. The van der Waals surface area contributed by atoms with E-state index >= 15 is 0 Å². The van der Waals surface area contributed by atoms with Crippen molar-refractivity contribution in [3.05, 3.63) is 124 Å². The maximum atomic E-state index is 6.67. The summed E-state index contributed by atoms with van der Waals surface area (Å²) >= 11 is 12.9. The number of rotatable bonds is 18. The number of aromatic nitrogens is 2. The van der Waals surface area contributed by atoms with Gasteiger partial charge in [-0.15, -0.1) is 6.58 Å². The molecule has 236 valence electrons. The number of benzene rings is 2. The molecule has 1 heterocycles. The number of allylic oxidation sites excluding steroid dienone is 4. The van der Waals surface area contributed by atoms with Gasteiger partial charge < -0.3 is 14.2 Å². The fourth-order valence-corrected chi connectivity index (χ4v) is 6.14. The second kappa shape index (κ2) is 18.7. The molecular weight excluding hydrogens is 585 g/mol. The monoisotopic (exact) mass is 633 g/mol. The van der Waals surface area contributed by atoms with E-state index in [1.54, 1.807) is 14.0 Å². The third-order valence-electron chi connectivity index (χ3n) is 7.87. The molecule has 0 fully saturated rings. The standard InChI is InChI=1S/C38H49Cl2N3O/c1-7-10-24-43-35(36(29(4)17-8-2)41-38(43)33-20-15-12-16-21-33)23-26-42(25-22-32-18-13-11-14-19-32)28-31(9-3)27-34(40)37(44-6)30(5)39/h8-9,11-21,27,29,31H,3,7,10,22-26,28H2,1-2,4-6H3/b17-8-,34-27+,37-30-. The average molecular weight is 635 g/mol. The van der Waals surface area contributed by atoms with Gasteiger partial charge in [-0.2, -0.15) is 0 Å². The van der Waals surface area contributed by atoms with Crippen molar-refractivity contribution in [1.82, 2.24) is 14.5 Å². The van der Waals surface area contributed by atoms with Crippen LogP contribution in [0.5, 0.6) is 0 Å². The summed E-state index contributed by atoms with van der Waals surface area (Å²) in [6.45, 7) is 16.0. The van der Waals surface area contributed by atoms with Crippen molar-refractivity contribution in [2.24, 2.45) is 5.92 Å². The van der Waals surface area contributed by atoms with Crippen molar-refractivity contribution in [2.45, 2.75) is 65.8 Å². The molecule has 0 saturated carbocycles. The molecule has 2 atom stereocenters. The smallest absolute Gasteiger partial charge is 0.151 e. The van der Waals surface area contributed by atoms with Gasteiger partial charge in [0.15, 0.2) is 5.76 Å². The van der Waals surface area contributed by atoms with Crippen LogP contribution in [0.4, 0.5) is 0 Å². The Bertz CT molecular complexity index is 1390. The number of hydrogen-bond donors (Lipinski definition) is 0. The lowest BCUT2D eigenvalue weighted by Crippen LogP contribution is -2.33. The van der Waals surface area contributed by atoms with Crippen LogP contribution < -0.4 is 0 Å². The van der Waals surface area contributed by atoms with Crippen LogP contribution in [0.15, 0.2) is 107 Å². The third-order valence-corrected chi connectivity index (χ3v) is 8.34. The summed E-state index contributed by atoms with van der Waals surface area (Å²) in [5.74, 6) is 1.79. The van der Waals surface area contributed by atoms with Crippen LogP contribution in [-0.4, -0.2) is 41.2 Å². The zero-order valence-electron chi connectivity index (χ0n) is 27.1. The molecule has 1 aromatic heterocycles. The first-order chi connectivity index (χ1) is 21.3. The molecule has 0 bridgehead atoms. The van der Waals surface area contributed by atoms with Crippen LogP contribution in [0, 0.1) is 5.92 Å². The molecule has 0 aliphatic rings. The van der Waals surface area contributed by atoms with Gasteiger partial charge in [0.1, 0.15) is 5.82 Å². The Morgan fingerprint density at radius 2 is 1.70 bits per heavy atom. The van der Waals surface area contributed by atoms with E-state index in [2.05, 4.69) is 110 Å². The molecule has 0 aliphatic carbocycles. The number of methoxy groups -OCH3 is 1. The number of nitrogens with zero attached hydrogens (tertiary/aromatic N) is 3. The zero-order valence-corrected chi connectivity index (χ0v) is 28.6. The fraction of sp³-hybridized carbons (Fsp3) is 0.395. The van der Waals surface area contributed by atoms with Crippen LogP contribution in [0.25, 0.3) is 11.4 Å². The Kier molecular flexibility index (Phi) is 15.0. The second-order valence-corrected chi connectivity index (χ2v) is 12.2. The largest absolute Gasteiger partial charge is 0.494 e. The van der Waals surface area contributed by atoms with Gasteiger partial charge in [0.25, 0.3) is 0 Å². The molecule has 2 unspecified atom stereocenters. The average Bonchev–Trinajstić information content (AvgIpc) is 3.40. The second-order valence-electron chi connectivity index (χ2n) is 11.2. The molecule has 4 nitrogen and oxygen atoms in total. The molecule has 0 saturated heterocycles. The van der Waals surface area contributed by atoms with Gasteiger partial charge in [0, 0.05) is 55.7 Å². The van der Waals surface area contributed by atoms with Gasteiger partial charge in [-0.05, 0) is 32.3 Å². The SMILES string of the molecule is C=CC(/C=C(Cl)\C(OC)=C(/C)Cl)CN(CCc1ccccc1)CCc1c(C(C)/C=C\C)nc(-c2ccccc2)n1CCCC. The lowest BCUT2D eigenvalue weighted by atomic mass is 10.0. The van der Waals surface area contributed by atoms with Crippen LogP contribution in [0.3, 0.4) is 0 Å². The quantitative estimate of drug-likeness (QED) is 0.0793. The minimum absolute atomic E-state index is 0.0192.